The first-order valence-electron chi connectivity index (χ1n) is 9.57. The molecule has 1 aromatic carbocycles. The van der Waals surface area contributed by atoms with E-state index in [1.807, 2.05) is 24.3 Å². The zero-order valence-corrected chi connectivity index (χ0v) is 15.4. The molecule has 1 unspecified atom stereocenters. The molecule has 1 N–H and O–H groups in total. The van der Waals surface area contributed by atoms with Gasteiger partial charge in [-0.25, -0.2) is 0 Å². The smallest absolute Gasteiger partial charge is 0.243 e. The van der Waals surface area contributed by atoms with Crippen LogP contribution in [-0.4, -0.2) is 51.6 Å². The van der Waals surface area contributed by atoms with Crippen molar-refractivity contribution in [2.45, 2.75) is 69.2 Å². The fourth-order valence-electron chi connectivity index (χ4n) is 5.04. The Morgan fingerprint density at radius 3 is 2.60 bits per heavy atom. The average Bonchev–Trinajstić information content (AvgIpc) is 3.11. The molecule has 5 heteroatoms. The predicted molar refractivity (Wildman–Crippen MR) is 98.4 cm³/mol. The molecule has 0 bridgehead atoms. The lowest BCUT2D eigenvalue weighted by Gasteiger charge is -2.36. The first kappa shape index (κ1) is 17.3. The molecule has 2 aliphatic heterocycles. The van der Waals surface area contributed by atoms with E-state index in [-0.39, 0.29) is 5.91 Å². The standard InChI is InChI=1S/C20H27ClN2O2/c21-16-8-6-15(7-9-16)13-22-14-18(24)12-20(22)10-11-23(19(20)25)17-4-2-1-3-5-17/h6-9,17-18,24H,1-5,10-14H2/t18-,20?/m1/s1. The van der Waals surface area contributed by atoms with Gasteiger partial charge in [0.25, 0.3) is 0 Å². The van der Waals surface area contributed by atoms with E-state index in [0.717, 1.165) is 36.4 Å². The van der Waals surface area contributed by atoms with Gasteiger partial charge in [0.05, 0.1) is 6.10 Å². The largest absolute Gasteiger partial charge is 0.392 e. The van der Waals surface area contributed by atoms with Gasteiger partial charge in [-0.1, -0.05) is 43.0 Å². The molecule has 1 aliphatic carbocycles. The van der Waals surface area contributed by atoms with Gasteiger partial charge in [-0.2, -0.15) is 0 Å². The van der Waals surface area contributed by atoms with E-state index in [0.29, 0.717) is 25.6 Å². The van der Waals surface area contributed by atoms with Crippen molar-refractivity contribution in [3.05, 3.63) is 34.9 Å². The van der Waals surface area contributed by atoms with Crippen molar-refractivity contribution in [1.29, 1.82) is 0 Å². The maximum absolute atomic E-state index is 13.4. The van der Waals surface area contributed by atoms with Crippen LogP contribution in [0.4, 0.5) is 0 Å². The molecule has 0 aromatic heterocycles. The number of likely N-dealkylation sites (tertiary alicyclic amines) is 2. The van der Waals surface area contributed by atoms with Gasteiger partial charge in [0, 0.05) is 37.1 Å². The van der Waals surface area contributed by atoms with Gasteiger partial charge in [-0.15, -0.1) is 0 Å². The number of nitrogens with zero attached hydrogens (tertiary/aromatic N) is 2. The summed E-state index contributed by atoms with van der Waals surface area (Å²) in [6.45, 7) is 2.11. The second kappa shape index (κ2) is 6.90. The van der Waals surface area contributed by atoms with Gasteiger partial charge >= 0.3 is 0 Å². The van der Waals surface area contributed by atoms with Crippen LogP contribution in [0.3, 0.4) is 0 Å². The van der Waals surface area contributed by atoms with Gasteiger partial charge < -0.3 is 10.0 Å². The van der Waals surface area contributed by atoms with Crippen LogP contribution in [0.5, 0.6) is 0 Å². The Hall–Kier alpha value is -1.10. The quantitative estimate of drug-likeness (QED) is 0.897. The molecular weight excluding hydrogens is 336 g/mol. The molecule has 2 heterocycles. The van der Waals surface area contributed by atoms with Crippen LogP contribution in [0.15, 0.2) is 24.3 Å². The van der Waals surface area contributed by atoms with Crippen molar-refractivity contribution in [2.75, 3.05) is 13.1 Å². The molecule has 0 radical (unpaired) electrons. The number of amides is 1. The molecule has 136 valence electrons. The van der Waals surface area contributed by atoms with Crippen LogP contribution >= 0.6 is 11.6 Å². The molecule has 1 aromatic rings. The number of halogens is 1. The Labute approximate surface area is 154 Å². The van der Waals surface area contributed by atoms with E-state index in [2.05, 4.69) is 9.80 Å². The predicted octanol–water partition coefficient (Wildman–Crippen LogP) is 3.21. The Balaban J connectivity index is 1.53. The SMILES string of the molecule is O=C1N(C2CCCCC2)CCC12C[C@@H](O)CN2Cc1ccc(Cl)cc1. The number of carbonyl (C=O) groups excluding carboxylic acids is 1. The summed E-state index contributed by atoms with van der Waals surface area (Å²) in [4.78, 5) is 17.7. The summed E-state index contributed by atoms with van der Waals surface area (Å²) >= 11 is 5.99. The van der Waals surface area contributed by atoms with E-state index in [9.17, 15) is 9.90 Å². The first-order chi connectivity index (χ1) is 12.1. The molecule has 4 nitrogen and oxygen atoms in total. The van der Waals surface area contributed by atoms with E-state index < -0.39 is 11.6 Å². The Bertz CT molecular complexity index is 629. The normalized spacial score (nSPS) is 31.4. The second-order valence-corrected chi connectivity index (χ2v) is 8.37. The highest BCUT2D eigenvalue weighted by Crippen LogP contribution is 2.42. The van der Waals surface area contributed by atoms with E-state index >= 15 is 0 Å². The summed E-state index contributed by atoms with van der Waals surface area (Å²) < 4.78 is 0. The number of aliphatic hydroxyl groups is 1. The van der Waals surface area contributed by atoms with Crippen molar-refractivity contribution in [2.24, 2.45) is 0 Å². The minimum atomic E-state index is -0.503. The third-order valence-corrected chi connectivity index (χ3v) is 6.59. The van der Waals surface area contributed by atoms with Crippen LogP contribution < -0.4 is 0 Å². The summed E-state index contributed by atoms with van der Waals surface area (Å²) in [7, 11) is 0. The zero-order chi connectivity index (χ0) is 17.4. The molecule has 4 rings (SSSR count). The molecular formula is C20H27ClN2O2. The van der Waals surface area contributed by atoms with Gasteiger partial charge in [-0.3, -0.25) is 9.69 Å². The third kappa shape index (κ3) is 3.20. The first-order valence-corrected chi connectivity index (χ1v) is 9.95. The number of rotatable bonds is 3. The number of hydrogen-bond acceptors (Lipinski definition) is 3. The Morgan fingerprint density at radius 2 is 1.88 bits per heavy atom. The lowest BCUT2D eigenvalue weighted by Crippen LogP contribution is -2.51. The molecule has 3 fully saturated rings. The van der Waals surface area contributed by atoms with Crippen molar-refractivity contribution in [3.63, 3.8) is 0 Å². The van der Waals surface area contributed by atoms with Crippen LogP contribution in [0, 0.1) is 0 Å². The van der Waals surface area contributed by atoms with Crippen molar-refractivity contribution in [1.82, 2.24) is 9.80 Å². The summed E-state index contributed by atoms with van der Waals surface area (Å²) in [6.07, 6.45) is 7.04. The van der Waals surface area contributed by atoms with Gasteiger partial charge in [0.15, 0.2) is 0 Å². The zero-order valence-electron chi connectivity index (χ0n) is 14.7. The summed E-state index contributed by atoms with van der Waals surface area (Å²) in [6, 6.07) is 8.22. The summed E-state index contributed by atoms with van der Waals surface area (Å²) in [5.74, 6) is 0.255. The van der Waals surface area contributed by atoms with Crippen LogP contribution in [-0.2, 0) is 11.3 Å². The van der Waals surface area contributed by atoms with Crippen LogP contribution in [0.1, 0.15) is 50.5 Å². The molecule has 2 saturated heterocycles. The van der Waals surface area contributed by atoms with E-state index in [1.165, 1.54) is 19.3 Å². The lowest BCUT2D eigenvalue weighted by atomic mass is 9.92. The maximum Gasteiger partial charge on any atom is 0.243 e. The highest BCUT2D eigenvalue weighted by atomic mass is 35.5. The number of β-amino-alcohol motifs (C(OH)–C–C–N with tert-alkyl or cyclic N) is 1. The van der Waals surface area contributed by atoms with E-state index in [1.54, 1.807) is 0 Å². The average molecular weight is 363 g/mol. The monoisotopic (exact) mass is 362 g/mol. The van der Waals surface area contributed by atoms with Gasteiger partial charge in [-0.05, 0) is 37.0 Å². The minimum absolute atomic E-state index is 0.255. The Morgan fingerprint density at radius 1 is 1.16 bits per heavy atom. The van der Waals surface area contributed by atoms with Crippen molar-refractivity contribution < 1.29 is 9.90 Å². The molecule has 1 amide bonds. The molecule has 25 heavy (non-hydrogen) atoms. The molecule has 1 spiro atoms. The number of aliphatic hydroxyl groups excluding tert-OH is 1. The summed E-state index contributed by atoms with van der Waals surface area (Å²) in [5.41, 5.74) is 0.637. The van der Waals surface area contributed by atoms with Crippen molar-refractivity contribution >= 4 is 17.5 Å². The Kier molecular flexibility index (Phi) is 4.78. The van der Waals surface area contributed by atoms with Gasteiger partial charge in [0.2, 0.25) is 5.91 Å². The highest BCUT2D eigenvalue weighted by Gasteiger charge is 2.56. The molecule has 2 atom stereocenters. The number of hydrogen-bond donors (Lipinski definition) is 1. The fourth-order valence-corrected chi connectivity index (χ4v) is 5.17. The number of carbonyl (C=O) groups is 1. The van der Waals surface area contributed by atoms with Crippen LogP contribution in [0.25, 0.3) is 0 Å². The topological polar surface area (TPSA) is 43.8 Å². The van der Waals surface area contributed by atoms with Crippen LogP contribution in [0.2, 0.25) is 5.02 Å². The van der Waals surface area contributed by atoms with Crippen molar-refractivity contribution in [3.8, 4) is 0 Å². The lowest BCUT2D eigenvalue weighted by molar-refractivity contribution is -0.139. The molecule has 1 saturated carbocycles. The molecule has 3 aliphatic rings. The third-order valence-electron chi connectivity index (χ3n) is 6.34. The second-order valence-electron chi connectivity index (χ2n) is 7.94. The highest BCUT2D eigenvalue weighted by molar-refractivity contribution is 6.30. The fraction of sp³-hybridized carbons (Fsp3) is 0.650. The van der Waals surface area contributed by atoms with Gasteiger partial charge in [0.1, 0.15) is 5.54 Å². The summed E-state index contributed by atoms with van der Waals surface area (Å²) in [5, 5.41) is 11.1. The van der Waals surface area contributed by atoms with E-state index in [4.69, 9.17) is 11.6 Å². The maximum atomic E-state index is 13.4. The minimum Gasteiger partial charge on any atom is -0.392 e. The number of benzene rings is 1.